The maximum atomic E-state index is 12.3. The van der Waals surface area contributed by atoms with Gasteiger partial charge >= 0.3 is 0 Å². The van der Waals surface area contributed by atoms with Crippen LogP contribution in [0.25, 0.3) is 0 Å². The Labute approximate surface area is 137 Å². The number of nitrogens with zero attached hydrogens (tertiary/aromatic N) is 1. The predicted molar refractivity (Wildman–Crippen MR) is 89.7 cm³/mol. The number of amides is 1. The molecule has 2 N–H and O–H groups in total. The maximum Gasteiger partial charge on any atom is 0.238 e. The monoisotopic (exact) mass is 325 g/mol. The van der Waals surface area contributed by atoms with Crippen LogP contribution in [0.1, 0.15) is 12.8 Å². The van der Waals surface area contributed by atoms with E-state index >= 15 is 0 Å². The smallest absolute Gasteiger partial charge is 0.238 e. The van der Waals surface area contributed by atoms with Crippen molar-refractivity contribution in [2.75, 3.05) is 45.7 Å². The Hall–Kier alpha value is -1.30. The Morgan fingerprint density at radius 1 is 1.50 bits per heavy atom. The molecule has 1 fully saturated rings. The lowest BCUT2D eigenvalue weighted by Crippen LogP contribution is -2.42. The molecule has 0 bridgehead atoms. The van der Waals surface area contributed by atoms with Crippen LogP contribution < -0.4 is 15.4 Å². The quantitative estimate of drug-likeness (QED) is 0.842. The van der Waals surface area contributed by atoms with Gasteiger partial charge in [-0.05, 0) is 57.1 Å². The Kier molecular flexibility index (Phi) is 6.49. The van der Waals surface area contributed by atoms with E-state index in [1.165, 1.54) is 6.42 Å². The largest absolute Gasteiger partial charge is 0.495 e. The molecule has 1 amide bonds. The normalized spacial score (nSPS) is 19.0. The van der Waals surface area contributed by atoms with E-state index in [9.17, 15) is 4.79 Å². The third-order valence-corrected chi connectivity index (χ3v) is 4.13. The van der Waals surface area contributed by atoms with Gasteiger partial charge in [0.2, 0.25) is 5.91 Å². The molecule has 0 radical (unpaired) electrons. The first-order chi connectivity index (χ1) is 10.6. The summed E-state index contributed by atoms with van der Waals surface area (Å²) in [7, 11) is 3.54. The van der Waals surface area contributed by atoms with Crippen molar-refractivity contribution in [2.24, 2.45) is 5.92 Å². The Morgan fingerprint density at radius 3 is 3.05 bits per heavy atom. The molecule has 0 aromatic heterocycles. The summed E-state index contributed by atoms with van der Waals surface area (Å²) in [6, 6.07) is 5.20. The summed E-state index contributed by atoms with van der Waals surface area (Å²) >= 11 is 5.98. The van der Waals surface area contributed by atoms with E-state index in [1.54, 1.807) is 25.3 Å². The summed E-state index contributed by atoms with van der Waals surface area (Å²) in [5.41, 5.74) is 0.615. The molecule has 1 aliphatic rings. The van der Waals surface area contributed by atoms with Gasteiger partial charge in [0.25, 0.3) is 0 Å². The summed E-state index contributed by atoms with van der Waals surface area (Å²) in [6.45, 7) is 3.33. The molecule has 6 heteroatoms. The molecule has 2 rings (SSSR count). The lowest BCUT2D eigenvalue weighted by molar-refractivity contribution is -0.117. The predicted octanol–water partition coefficient (Wildman–Crippen LogP) is 2.22. The number of carbonyl (C=O) groups excluding carboxylic acids is 1. The van der Waals surface area contributed by atoms with Crippen LogP contribution in [0.15, 0.2) is 18.2 Å². The number of hydrogen-bond acceptors (Lipinski definition) is 4. The number of rotatable bonds is 6. The summed E-state index contributed by atoms with van der Waals surface area (Å²) in [5.74, 6) is 1.20. The van der Waals surface area contributed by atoms with Crippen LogP contribution in [-0.4, -0.2) is 51.1 Å². The van der Waals surface area contributed by atoms with Gasteiger partial charge in [0.1, 0.15) is 5.75 Å². The van der Waals surface area contributed by atoms with Gasteiger partial charge < -0.3 is 15.4 Å². The number of ether oxygens (including phenoxy) is 1. The molecular weight excluding hydrogens is 302 g/mol. The number of benzene rings is 1. The Balaban J connectivity index is 1.91. The van der Waals surface area contributed by atoms with Crippen LogP contribution in [0.4, 0.5) is 5.69 Å². The van der Waals surface area contributed by atoms with Crippen LogP contribution in [-0.2, 0) is 4.79 Å². The first-order valence-corrected chi connectivity index (χ1v) is 8.00. The fourth-order valence-electron chi connectivity index (χ4n) is 2.92. The van der Waals surface area contributed by atoms with E-state index in [2.05, 4.69) is 15.5 Å². The van der Waals surface area contributed by atoms with Crippen molar-refractivity contribution in [3.05, 3.63) is 23.2 Å². The molecule has 1 heterocycles. The number of halogens is 1. The standard InChI is InChI=1S/C16H24ClN3O2/c1-18-9-12-4-3-7-20(10-12)11-16(21)19-14-8-13(17)5-6-15(14)22-2/h5-6,8,12,18H,3-4,7,9-11H2,1-2H3,(H,19,21). The number of carbonyl (C=O) groups is 1. The first-order valence-electron chi connectivity index (χ1n) is 7.62. The summed E-state index contributed by atoms with van der Waals surface area (Å²) < 4.78 is 5.24. The summed E-state index contributed by atoms with van der Waals surface area (Å²) in [4.78, 5) is 14.5. The molecule has 1 aromatic rings. The van der Waals surface area contributed by atoms with Crippen LogP contribution in [0, 0.1) is 5.92 Å². The topological polar surface area (TPSA) is 53.6 Å². The van der Waals surface area contributed by atoms with Crippen LogP contribution >= 0.6 is 11.6 Å². The van der Waals surface area contributed by atoms with E-state index in [0.717, 1.165) is 26.1 Å². The highest BCUT2D eigenvalue weighted by atomic mass is 35.5. The molecule has 5 nitrogen and oxygen atoms in total. The first kappa shape index (κ1) is 17.1. The summed E-state index contributed by atoms with van der Waals surface area (Å²) in [6.07, 6.45) is 2.36. The molecule has 122 valence electrons. The van der Waals surface area contributed by atoms with Crippen molar-refractivity contribution in [3.63, 3.8) is 0 Å². The van der Waals surface area contributed by atoms with Gasteiger partial charge in [0.15, 0.2) is 0 Å². The van der Waals surface area contributed by atoms with Gasteiger partial charge in [-0.2, -0.15) is 0 Å². The van der Waals surface area contributed by atoms with Crippen molar-refractivity contribution >= 4 is 23.2 Å². The van der Waals surface area contributed by atoms with Gasteiger partial charge in [-0.25, -0.2) is 0 Å². The van der Waals surface area contributed by atoms with Crippen molar-refractivity contribution in [3.8, 4) is 5.75 Å². The number of piperidine rings is 1. The fourth-order valence-corrected chi connectivity index (χ4v) is 3.09. The minimum atomic E-state index is -0.0364. The molecule has 0 aliphatic carbocycles. The molecule has 1 atom stereocenters. The molecule has 1 aliphatic heterocycles. The SMILES string of the molecule is CNCC1CCCN(CC(=O)Nc2cc(Cl)ccc2OC)C1. The third kappa shape index (κ3) is 4.87. The van der Waals surface area contributed by atoms with E-state index in [-0.39, 0.29) is 5.91 Å². The van der Waals surface area contributed by atoms with Gasteiger partial charge in [0, 0.05) is 11.6 Å². The van der Waals surface area contributed by atoms with Crippen LogP contribution in [0.3, 0.4) is 0 Å². The van der Waals surface area contributed by atoms with E-state index in [0.29, 0.717) is 28.9 Å². The number of nitrogens with one attached hydrogen (secondary N) is 2. The highest BCUT2D eigenvalue weighted by Crippen LogP contribution is 2.27. The molecule has 22 heavy (non-hydrogen) atoms. The second-order valence-electron chi connectivity index (χ2n) is 5.69. The highest BCUT2D eigenvalue weighted by Gasteiger charge is 2.21. The molecular formula is C16H24ClN3O2. The lowest BCUT2D eigenvalue weighted by atomic mass is 9.98. The number of hydrogen-bond donors (Lipinski definition) is 2. The molecule has 1 aromatic carbocycles. The van der Waals surface area contributed by atoms with Crippen molar-refractivity contribution in [2.45, 2.75) is 12.8 Å². The minimum Gasteiger partial charge on any atom is -0.495 e. The van der Waals surface area contributed by atoms with Crippen molar-refractivity contribution < 1.29 is 9.53 Å². The van der Waals surface area contributed by atoms with Gasteiger partial charge in [-0.3, -0.25) is 9.69 Å². The van der Waals surface area contributed by atoms with Gasteiger partial charge in [-0.15, -0.1) is 0 Å². The van der Waals surface area contributed by atoms with Gasteiger partial charge in [-0.1, -0.05) is 11.6 Å². The number of methoxy groups -OCH3 is 1. The highest BCUT2D eigenvalue weighted by molar-refractivity contribution is 6.31. The summed E-state index contributed by atoms with van der Waals surface area (Å²) in [5, 5.41) is 6.68. The Bertz CT molecular complexity index is 508. The molecule has 0 saturated carbocycles. The Morgan fingerprint density at radius 2 is 2.32 bits per heavy atom. The van der Waals surface area contributed by atoms with E-state index < -0.39 is 0 Å². The molecule has 1 saturated heterocycles. The minimum absolute atomic E-state index is 0.0364. The number of likely N-dealkylation sites (tertiary alicyclic amines) is 1. The van der Waals surface area contributed by atoms with Crippen molar-refractivity contribution in [1.82, 2.24) is 10.2 Å². The lowest BCUT2D eigenvalue weighted by Gasteiger charge is -2.32. The van der Waals surface area contributed by atoms with E-state index in [4.69, 9.17) is 16.3 Å². The second kappa shape index (κ2) is 8.36. The number of anilines is 1. The van der Waals surface area contributed by atoms with Gasteiger partial charge in [0.05, 0.1) is 19.3 Å². The van der Waals surface area contributed by atoms with Crippen LogP contribution in [0.5, 0.6) is 5.75 Å². The average molecular weight is 326 g/mol. The van der Waals surface area contributed by atoms with E-state index in [1.807, 2.05) is 7.05 Å². The zero-order chi connectivity index (χ0) is 15.9. The van der Waals surface area contributed by atoms with Crippen LogP contribution in [0.2, 0.25) is 5.02 Å². The molecule has 0 spiro atoms. The zero-order valence-electron chi connectivity index (χ0n) is 13.2. The third-order valence-electron chi connectivity index (χ3n) is 3.90. The second-order valence-corrected chi connectivity index (χ2v) is 6.13. The maximum absolute atomic E-state index is 12.3. The molecule has 1 unspecified atom stereocenters. The fraction of sp³-hybridized carbons (Fsp3) is 0.562. The zero-order valence-corrected chi connectivity index (χ0v) is 13.9. The van der Waals surface area contributed by atoms with Crippen molar-refractivity contribution in [1.29, 1.82) is 0 Å². The average Bonchev–Trinajstić information content (AvgIpc) is 2.48.